The van der Waals surface area contributed by atoms with Gasteiger partial charge in [-0.15, -0.1) is 0 Å². The molecular weight excluding hydrogens is 1070 g/mol. The third-order valence-corrected chi connectivity index (χ3v) is 15.1. The molecule has 5 rings (SSSR count). The second kappa shape index (κ2) is 31.8. The minimum absolute atomic E-state index is 0.0299. The van der Waals surface area contributed by atoms with Crippen molar-refractivity contribution < 1.29 is 63.0 Å². The zero-order valence-corrected chi connectivity index (χ0v) is 48.8. The average molecular weight is 1160 g/mol. The second-order valence-corrected chi connectivity index (χ2v) is 23.2. The number of hydrogen-bond donors (Lipinski definition) is 11. The Morgan fingerprint density at radius 3 is 1.30 bits per heavy atom. The Labute approximate surface area is 485 Å². The number of benzene rings is 2. The number of aliphatic hydroxyl groups is 1. The summed E-state index contributed by atoms with van der Waals surface area (Å²) in [5.41, 5.74) is 7.12. The molecule has 12 N–H and O–H groups in total. The van der Waals surface area contributed by atoms with Crippen molar-refractivity contribution >= 4 is 65.0 Å². The molecule has 0 aliphatic carbocycles. The number of amides is 10. The molecule has 0 bridgehead atoms. The van der Waals surface area contributed by atoms with Crippen molar-refractivity contribution in [1.29, 1.82) is 0 Å². The van der Waals surface area contributed by atoms with E-state index in [4.69, 9.17) is 5.73 Å². The molecule has 3 aliphatic rings. The Morgan fingerprint density at radius 1 is 0.506 bits per heavy atom. The quantitative estimate of drug-likeness (QED) is 0.0993. The lowest BCUT2D eigenvalue weighted by Gasteiger charge is -2.32. The number of nitrogens with two attached hydrogens (primary N) is 1. The fourth-order valence-corrected chi connectivity index (χ4v) is 10.7. The number of rotatable bonds is 16. The Hall–Kier alpha value is -7.47. The van der Waals surface area contributed by atoms with Gasteiger partial charge in [-0.2, -0.15) is 0 Å². The van der Waals surface area contributed by atoms with Crippen molar-refractivity contribution in [2.45, 2.75) is 192 Å². The second-order valence-electron chi connectivity index (χ2n) is 23.2. The van der Waals surface area contributed by atoms with Crippen molar-refractivity contribution in [3.05, 3.63) is 71.8 Å². The van der Waals surface area contributed by atoms with Crippen LogP contribution in [0.1, 0.15) is 124 Å². The number of nitrogens with zero attached hydrogens (tertiary/aromatic N) is 2. The summed E-state index contributed by atoms with van der Waals surface area (Å²) in [6.07, 6.45) is -0.726. The number of carboxylic acids is 1. The third kappa shape index (κ3) is 19.6. The predicted molar refractivity (Wildman–Crippen MR) is 306 cm³/mol. The van der Waals surface area contributed by atoms with Crippen LogP contribution in [0.25, 0.3) is 0 Å². The Kier molecular flexibility index (Phi) is 25.4. The summed E-state index contributed by atoms with van der Waals surface area (Å²) in [5.74, 6) is -10.7. The lowest BCUT2D eigenvalue weighted by Crippen LogP contribution is -2.62. The summed E-state index contributed by atoms with van der Waals surface area (Å²) in [7, 11) is 0. The molecule has 2 aromatic rings. The average Bonchev–Trinajstić information content (AvgIpc) is 4.38. The van der Waals surface area contributed by atoms with Crippen LogP contribution in [-0.2, 0) is 65.6 Å². The topological polar surface area (TPSA) is 357 Å². The van der Waals surface area contributed by atoms with Crippen LogP contribution in [0.15, 0.2) is 60.7 Å². The highest BCUT2D eigenvalue weighted by Crippen LogP contribution is 2.23. The molecule has 83 heavy (non-hydrogen) atoms. The third-order valence-electron chi connectivity index (χ3n) is 15.1. The molecule has 456 valence electrons. The number of fused-ring (bicyclic) bond motifs is 2. The van der Waals surface area contributed by atoms with E-state index in [1.807, 2.05) is 13.8 Å². The van der Waals surface area contributed by atoms with Crippen LogP contribution in [0.2, 0.25) is 0 Å². The van der Waals surface area contributed by atoms with Gasteiger partial charge in [-0.1, -0.05) is 102 Å². The Bertz CT molecular complexity index is 2590. The first-order valence-electron chi connectivity index (χ1n) is 29.1. The van der Waals surface area contributed by atoms with E-state index in [1.165, 1.54) is 16.7 Å². The summed E-state index contributed by atoms with van der Waals surface area (Å²) >= 11 is 0. The summed E-state index contributed by atoms with van der Waals surface area (Å²) in [6, 6.07) is 3.72. The van der Waals surface area contributed by atoms with E-state index < -0.39 is 144 Å². The maximum Gasteiger partial charge on any atom is 0.305 e. The van der Waals surface area contributed by atoms with E-state index in [1.54, 1.807) is 88.4 Å². The number of unbranched alkanes of at least 4 members (excludes halogenated alkanes) is 1. The molecule has 3 heterocycles. The predicted octanol–water partition coefficient (Wildman–Crippen LogP) is 0.0785. The molecule has 3 fully saturated rings. The molecule has 11 atom stereocenters. The standard InChI is InChI=1S/C59H87N11O13/c1-33(2)28-40-51(75)65-44(31-38-20-12-9-13-21-38)59(83)70-27-17-24-46(70)55(79)68-49(36(7)71)57(81)64-42(32-47(72)73)53(77)63-41(29-34(3)4)52(76)66-43(30-37-18-10-8-11-19-37)58(82)69-26-16-23-45(69)54(78)67-48(35(5)6)56(80)61-39(50(74)62-40)22-14-15-25-60/h8-13,18-21,33-36,39-46,48-49,71H,14-17,22-32,60H2,1-7H3,(H,61,80)(H,62,74)(H,63,77)(H,64,81)(H,65,75)(H,66,76)(H,67,78)(H,68,79)(H,72,73)/t36-,39+,40+,41+,42+,43-,44-,45+,46+,48+,49+/m1/s1. The molecule has 0 aromatic heterocycles. The molecule has 0 saturated carbocycles. The van der Waals surface area contributed by atoms with Crippen LogP contribution in [0, 0.1) is 17.8 Å². The molecule has 10 amide bonds. The highest BCUT2D eigenvalue weighted by molar-refractivity contribution is 6.00. The molecule has 0 unspecified atom stereocenters. The van der Waals surface area contributed by atoms with Gasteiger partial charge >= 0.3 is 5.97 Å². The zero-order chi connectivity index (χ0) is 61.1. The number of carbonyl (C=O) groups excluding carboxylic acids is 10. The monoisotopic (exact) mass is 1160 g/mol. The lowest BCUT2D eigenvalue weighted by atomic mass is 9.99. The van der Waals surface area contributed by atoms with Crippen molar-refractivity contribution in [3.63, 3.8) is 0 Å². The van der Waals surface area contributed by atoms with E-state index in [0.717, 1.165) is 0 Å². The molecule has 3 saturated heterocycles. The van der Waals surface area contributed by atoms with Gasteiger partial charge in [0.25, 0.3) is 0 Å². The van der Waals surface area contributed by atoms with E-state index in [9.17, 15) is 63.0 Å². The molecule has 2 aromatic carbocycles. The fourth-order valence-electron chi connectivity index (χ4n) is 10.7. The Morgan fingerprint density at radius 2 is 0.892 bits per heavy atom. The van der Waals surface area contributed by atoms with Gasteiger partial charge < -0.3 is 68.3 Å². The highest BCUT2D eigenvalue weighted by Gasteiger charge is 2.44. The van der Waals surface area contributed by atoms with Gasteiger partial charge in [0.2, 0.25) is 59.1 Å². The Balaban J connectivity index is 1.59. The van der Waals surface area contributed by atoms with E-state index in [2.05, 4.69) is 42.5 Å². The van der Waals surface area contributed by atoms with Crippen LogP contribution in [-0.4, -0.2) is 171 Å². The molecular formula is C59H87N11O13. The van der Waals surface area contributed by atoms with Gasteiger partial charge in [-0.05, 0) is 100 Å². The minimum atomic E-state index is -1.87. The fraction of sp³-hybridized carbons (Fsp3) is 0.610. The van der Waals surface area contributed by atoms with Gasteiger partial charge in [0.15, 0.2) is 0 Å². The summed E-state index contributed by atoms with van der Waals surface area (Å²) < 4.78 is 0. The largest absolute Gasteiger partial charge is 0.481 e. The lowest BCUT2D eigenvalue weighted by molar-refractivity contribution is -0.144. The van der Waals surface area contributed by atoms with Crippen LogP contribution < -0.4 is 48.3 Å². The molecule has 0 radical (unpaired) electrons. The van der Waals surface area contributed by atoms with Crippen molar-refractivity contribution in [2.24, 2.45) is 23.5 Å². The number of aliphatic hydroxyl groups excluding tert-OH is 1. The van der Waals surface area contributed by atoms with Crippen molar-refractivity contribution in [3.8, 4) is 0 Å². The van der Waals surface area contributed by atoms with E-state index in [0.29, 0.717) is 36.8 Å². The van der Waals surface area contributed by atoms with Gasteiger partial charge in [-0.3, -0.25) is 52.7 Å². The number of nitrogens with one attached hydrogen (secondary N) is 8. The van der Waals surface area contributed by atoms with Crippen LogP contribution in [0.4, 0.5) is 0 Å². The summed E-state index contributed by atoms with van der Waals surface area (Å²) in [5, 5.41) is 42.4. The first-order chi connectivity index (χ1) is 39.4. The van der Waals surface area contributed by atoms with Gasteiger partial charge in [0.05, 0.1) is 12.5 Å². The SMILES string of the molecule is CC(C)C[C@@H]1NC(=O)[C@H](CC(=O)O)NC(=O)[C@H]([C@@H](C)O)NC(=O)[C@@H]2CCCN2C(=O)[C@@H](Cc2ccccc2)NC(=O)[C@H](CC(C)C)NC(=O)[C@H](CCCCN)NC(=O)[C@H](C(C)C)NC(=O)[C@@H]2CCCN2C(=O)[C@@H](Cc2ccccc2)NC1=O. The number of carbonyl (C=O) groups is 11. The highest BCUT2D eigenvalue weighted by atomic mass is 16.4. The molecule has 24 heteroatoms. The van der Waals surface area contributed by atoms with Gasteiger partial charge in [-0.25, -0.2) is 0 Å². The van der Waals surface area contributed by atoms with E-state index >= 15 is 0 Å². The smallest absolute Gasteiger partial charge is 0.305 e. The van der Waals surface area contributed by atoms with Gasteiger partial charge in [0.1, 0.15) is 60.4 Å². The summed E-state index contributed by atoms with van der Waals surface area (Å²) in [6.45, 7) is 12.2. The number of carboxylic acid groups (broad SMARTS) is 1. The first-order valence-corrected chi connectivity index (χ1v) is 29.1. The van der Waals surface area contributed by atoms with Crippen LogP contribution in [0.3, 0.4) is 0 Å². The number of aliphatic carboxylic acids is 1. The molecule has 3 aliphatic heterocycles. The maximum absolute atomic E-state index is 14.9. The van der Waals surface area contributed by atoms with Crippen LogP contribution >= 0.6 is 0 Å². The zero-order valence-electron chi connectivity index (χ0n) is 48.8. The normalized spacial score (nSPS) is 26.7. The van der Waals surface area contributed by atoms with Crippen molar-refractivity contribution in [1.82, 2.24) is 52.3 Å². The first kappa shape index (κ1) is 66.3. The number of hydrogen-bond acceptors (Lipinski definition) is 13. The maximum atomic E-state index is 14.9. The summed E-state index contributed by atoms with van der Waals surface area (Å²) in [4.78, 5) is 160. The molecule has 24 nitrogen and oxygen atoms in total. The van der Waals surface area contributed by atoms with Gasteiger partial charge in [0, 0.05) is 25.9 Å². The molecule has 0 spiro atoms. The van der Waals surface area contributed by atoms with E-state index in [-0.39, 0.29) is 76.4 Å². The van der Waals surface area contributed by atoms with Crippen molar-refractivity contribution in [2.75, 3.05) is 19.6 Å². The minimum Gasteiger partial charge on any atom is -0.481 e. The van der Waals surface area contributed by atoms with Crippen LogP contribution in [0.5, 0.6) is 0 Å².